The van der Waals surface area contributed by atoms with Crippen LogP contribution in [-0.4, -0.2) is 46.5 Å². The van der Waals surface area contributed by atoms with Crippen molar-refractivity contribution in [1.82, 2.24) is 14.4 Å². The predicted molar refractivity (Wildman–Crippen MR) is 112 cm³/mol. The van der Waals surface area contributed by atoms with Gasteiger partial charge in [-0.25, -0.2) is 0 Å². The van der Waals surface area contributed by atoms with E-state index in [2.05, 4.69) is 58.0 Å². The van der Waals surface area contributed by atoms with Crippen LogP contribution in [0.1, 0.15) is 17.5 Å². The maximum absolute atomic E-state index is 12.8. The summed E-state index contributed by atoms with van der Waals surface area (Å²) in [5, 5.41) is 0. The van der Waals surface area contributed by atoms with Gasteiger partial charge in [0, 0.05) is 50.8 Å². The molecule has 0 N–H and O–H groups in total. The Morgan fingerprint density at radius 2 is 1.68 bits per heavy atom. The number of carbonyl (C=O) groups excluding carboxylic acids is 1. The fraction of sp³-hybridized carbons (Fsp3) is 0.292. The molecular weight excluding hydrogens is 346 g/mol. The maximum atomic E-state index is 12.8. The molecular formula is C24H27N3O. The van der Waals surface area contributed by atoms with E-state index in [1.807, 2.05) is 42.5 Å². The van der Waals surface area contributed by atoms with Crippen LogP contribution in [0.25, 0.3) is 5.69 Å². The number of likely N-dealkylation sites (N-methyl/N-ethyl adjacent to an activating group) is 1. The molecule has 0 radical (unpaired) electrons. The third kappa shape index (κ3) is 4.34. The van der Waals surface area contributed by atoms with Gasteiger partial charge in [0.15, 0.2) is 0 Å². The Labute approximate surface area is 167 Å². The standard InChI is InChI=1S/C24H27N3O/c1-25(23-13-16-26(19-23)18-21-7-3-2-4-8-21)24(28)17-20-9-11-22(12-10-20)27-14-5-6-15-27/h2-12,14-15,23H,13,16-19H2,1H3. The first-order chi connectivity index (χ1) is 13.7. The van der Waals surface area contributed by atoms with Crippen LogP contribution in [0, 0.1) is 0 Å². The number of nitrogens with zero attached hydrogens (tertiary/aromatic N) is 3. The topological polar surface area (TPSA) is 28.5 Å². The third-order valence-corrected chi connectivity index (χ3v) is 5.63. The van der Waals surface area contributed by atoms with Crippen LogP contribution in [-0.2, 0) is 17.8 Å². The Balaban J connectivity index is 1.31. The van der Waals surface area contributed by atoms with Gasteiger partial charge in [-0.05, 0) is 41.8 Å². The molecule has 0 bridgehead atoms. The zero-order valence-electron chi connectivity index (χ0n) is 16.4. The largest absolute Gasteiger partial charge is 0.341 e. The number of benzene rings is 2. The van der Waals surface area contributed by atoms with Gasteiger partial charge in [-0.3, -0.25) is 9.69 Å². The van der Waals surface area contributed by atoms with Crippen LogP contribution in [0.4, 0.5) is 0 Å². The smallest absolute Gasteiger partial charge is 0.227 e. The predicted octanol–water partition coefficient (Wildman–Crippen LogP) is 3.75. The molecule has 144 valence electrons. The van der Waals surface area contributed by atoms with Gasteiger partial charge in [-0.2, -0.15) is 0 Å². The van der Waals surface area contributed by atoms with E-state index < -0.39 is 0 Å². The summed E-state index contributed by atoms with van der Waals surface area (Å²) < 4.78 is 2.07. The Morgan fingerprint density at radius 3 is 2.39 bits per heavy atom. The molecule has 1 unspecified atom stereocenters. The molecule has 4 nitrogen and oxygen atoms in total. The van der Waals surface area contributed by atoms with E-state index in [9.17, 15) is 4.79 Å². The number of rotatable bonds is 6. The minimum atomic E-state index is 0.195. The first-order valence-electron chi connectivity index (χ1n) is 9.93. The van der Waals surface area contributed by atoms with Crippen LogP contribution in [0.3, 0.4) is 0 Å². The number of amides is 1. The quantitative estimate of drug-likeness (QED) is 0.658. The summed E-state index contributed by atoms with van der Waals surface area (Å²) in [6, 6.07) is 23.1. The zero-order valence-corrected chi connectivity index (χ0v) is 16.4. The SMILES string of the molecule is CN(C(=O)Cc1ccc(-n2cccc2)cc1)C1CCN(Cc2ccccc2)C1. The van der Waals surface area contributed by atoms with Gasteiger partial charge in [0.1, 0.15) is 0 Å². The van der Waals surface area contributed by atoms with E-state index >= 15 is 0 Å². The highest BCUT2D eigenvalue weighted by Crippen LogP contribution is 2.18. The maximum Gasteiger partial charge on any atom is 0.227 e. The van der Waals surface area contributed by atoms with Gasteiger partial charge in [-0.1, -0.05) is 42.5 Å². The normalized spacial score (nSPS) is 17.0. The molecule has 0 spiro atoms. The van der Waals surface area contributed by atoms with E-state index in [0.717, 1.165) is 37.3 Å². The molecule has 2 heterocycles. The molecule has 1 aromatic heterocycles. The second kappa shape index (κ2) is 8.44. The van der Waals surface area contributed by atoms with Gasteiger partial charge in [-0.15, -0.1) is 0 Å². The van der Waals surface area contributed by atoms with Crippen molar-refractivity contribution in [3.63, 3.8) is 0 Å². The molecule has 4 rings (SSSR count). The Morgan fingerprint density at radius 1 is 0.964 bits per heavy atom. The number of aromatic nitrogens is 1. The van der Waals surface area contributed by atoms with Crippen molar-refractivity contribution in [2.75, 3.05) is 20.1 Å². The van der Waals surface area contributed by atoms with E-state index in [4.69, 9.17) is 0 Å². The summed E-state index contributed by atoms with van der Waals surface area (Å²) in [5.74, 6) is 0.195. The van der Waals surface area contributed by atoms with Gasteiger partial charge < -0.3 is 9.47 Å². The summed E-state index contributed by atoms with van der Waals surface area (Å²) in [7, 11) is 1.95. The zero-order chi connectivity index (χ0) is 19.3. The van der Waals surface area contributed by atoms with Crippen molar-refractivity contribution < 1.29 is 4.79 Å². The lowest BCUT2D eigenvalue weighted by molar-refractivity contribution is -0.131. The average Bonchev–Trinajstić information content (AvgIpc) is 3.41. The van der Waals surface area contributed by atoms with Gasteiger partial charge in [0.05, 0.1) is 6.42 Å². The van der Waals surface area contributed by atoms with Crippen LogP contribution >= 0.6 is 0 Å². The van der Waals surface area contributed by atoms with Crippen molar-refractivity contribution >= 4 is 5.91 Å². The third-order valence-electron chi connectivity index (χ3n) is 5.63. The van der Waals surface area contributed by atoms with Crippen molar-refractivity contribution in [1.29, 1.82) is 0 Å². The summed E-state index contributed by atoms with van der Waals surface area (Å²) in [5.41, 5.74) is 3.51. The Bertz CT molecular complexity index is 887. The average molecular weight is 374 g/mol. The molecule has 1 saturated heterocycles. The number of carbonyl (C=O) groups is 1. The second-order valence-electron chi connectivity index (χ2n) is 7.60. The van der Waals surface area contributed by atoms with Crippen molar-refractivity contribution in [2.45, 2.75) is 25.4 Å². The summed E-state index contributed by atoms with van der Waals surface area (Å²) in [6.45, 7) is 2.95. The van der Waals surface area contributed by atoms with Gasteiger partial charge in [0.2, 0.25) is 5.91 Å². The molecule has 4 heteroatoms. The minimum Gasteiger partial charge on any atom is -0.341 e. The van der Waals surface area contributed by atoms with Crippen LogP contribution < -0.4 is 0 Å². The Kier molecular flexibility index (Phi) is 5.58. The molecule has 0 saturated carbocycles. The van der Waals surface area contributed by atoms with Crippen LogP contribution in [0.5, 0.6) is 0 Å². The second-order valence-corrected chi connectivity index (χ2v) is 7.60. The molecule has 1 aliphatic rings. The van der Waals surface area contributed by atoms with Crippen LogP contribution in [0.15, 0.2) is 79.1 Å². The van der Waals surface area contributed by atoms with E-state index in [1.165, 1.54) is 5.56 Å². The molecule has 1 amide bonds. The summed E-state index contributed by atoms with van der Waals surface area (Å²) in [6.07, 6.45) is 5.55. The number of likely N-dealkylation sites (tertiary alicyclic amines) is 1. The van der Waals surface area contributed by atoms with Crippen LogP contribution in [0.2, 0.25) is 0 Å². The first-order valence-corrected chi connectivity index (χ1v) is 9.93. The first kappa shape index (κ1) is 18.5. The number of hydrogen-bond acceptors (Lipinski definition) is 2. The lowest BCUT2D eigenvalue weighted by atomic mass is 10.1. The highest BCUT2D eigenvalue weighted by molar-refractivity contribution is 5.79. The van der Waals surface area contributed by atoms with Gasteiger partial charge >= 0.3 is 0 Å². The van der Waals surface area contributed by atoms with E-state index in [0.29, 0.717) is 12.5 Å². The highest BCUT2D eigenvalue weighted by Gasteiger charge is 2.28. The van der Waals surface area contributed by atoms with E-state index in [1.54, 1.807) is 0 Å². The molecule has 0 aliphatic carbocycles. The van der Waals surface area contributed by atoms with Crippen molar-refractivity contribution in [3.05, 3.63) is 90.3 Å². The lowest BCUT2D eigenvalue weighted by Gasteiger charge is -2.25. The Hall–Kier alpha value is -2.85. The summed E-state index contributed by atoms with van der Waals surface area (Å²) in [4.78, 5) is 17.2. The van der Waals surface area contributed by atoms with Crippen molar-refractivity contribution in [2.24, 2.45) is 0 Å². The number of hydrogen-bond donors (Lipinski definition) is 0. The summed E-state index contributed by atoms with van der Waals surface area (Å²) >= 11 is 0. The molecule has 3 aromatic rings. The lowest BCUT2D eigenvalue weighted by Crippen LogP contribution is -2.39. The molecule has 1 atom stereocenters. The molecule has 28 heavy (non-hydrogen) atoms. The minimum absolute atomic E-state index is 0.195. The monoisotopic (exact) mass is 373 g/mol. The van der Waals surface area contributed by atoms with Gasteiger partial charge in [0.25, 0.3) is 0 Å². The molecule has 1 fully saturated rings. The molecule has 2 aromatic carbocycles. The highest BCUT2D eigenvalue weighted by atomic mass is 16.2. The van der Waals surface area contributed by atoms with E-state index in [-0.39, 0.29) is 5.91 Å². The fourth-order valence-corrected chi connectivity index (χ4v) is 3.91. The van der Waals surface area contributed by atoms with Crippen molar-refractivity contribution in [3.8, 4) is 5.69 Å². The molecule has 1 aliphatic heterocycles. The fourth-order valence-electron chi connectivity index (χ4n) is 3.91.